The molecular weight excluding hydrogens is 272 g/mol. The molecule has 0 aliphatic carbocycles. The quantitative estimate of drug-likeness (QED) is 0.804. The van der Waals surface area contributed by atoms with Crippen molar-refractivity contribution in [3.8, 4) is 5.75 Å². The van der Waals surface area contributed by atoms with Gasteiger partial charge in [0.2, 0.25) is 0 Å². The molecule has 1 aromatic carbocycles. The molecule has 0 spiro atoms. The Kier molecular flexibility index (Phi) is 5.01. The lowest BCUT2D eigenvalue weighted by molar-refractivity contribution is -0.123. The van der Waals surface area contributed by atoms with E-state index in [9.17, 15) is 4.79 Å². The van der Waals surface area contributed by atoms with Crippen LogP contribution in [0.15, 0.2) is 35.7 Å². The van der Waals surface area contributed by atoms with Gasteiger partial charge in [-0.25, -0.2) is 0 Å². The number of nitrogen functional groups attached to an aromatic ring is 1. The minimum absolute atomic E-state index is 0.0267. The van der Waals surface area contributed by atoms with Crippen LogP contribution in [0.3, 0.4) is 0 Å². The Morgan fingerprint density at radius 1 is 1.35 bits per heavy atom. The van der Waals surface area contributed by atoms with Gasteiger partial charge in [0.25, 0.3) is 5.91 Å². The predicted octanol–water partition coefficient (Wildman–Crippen LogP) is 2.59. The van der Waals surface area contributed by atoms with E-state index in [0.29, 0.717) is 18.0 Å². The highest BCUT2D eigenvalue weighted by Crippen LogP contribution is 2.19. The molecule has 106 valence electrons. The minimum Gasteiger partial charge on any atom is -0.482 e. The minimum atomic E-state index is -0.149. The van der Waals surface area contributed by atoms with Crippen molar-refractivity contribution in [3.63, 3.8) is 0 Å². The molecule has 2 rings (SSSR count). The van der Waals surface area contributed by atoms with Crippen molar-refractivity contribution in [2.24, 2.45) is 0 Å². The number of para-hydroxylation sites is 2. The van der Waals surface area contributed by atoms with E-state index in [1.807, 2.05) is 17.5 Å². The van der Waals surface area contributed by atoms with Crippen molar-refractivity contribution < 1.29 is 9.53 Å². The van der Waals surface area contributed by atoms with Crippen LogP contribution in [-0.2, 0) is 17.8 Å². The fraction of sp³-hybridized carbons (Fsp3) is 0.267. The molecular formula is C15H18N2O2S. The SMILES string of the molecule is CCc1ccsc1CNC(=O)COc1ccccc1N. The fourth-order valence-electron chi connectivity index (χ4n) is 1.82. The Morgan fingerprint density at radius 3 is 2.90 bits per heavy atom. The number of aryl methyl sites for hydroxylation is 1. The Labute approximate surface area is 122 Å². The molecule has 0 atom stereocenters. The van der Waals surface area contributed by atoms with Crippen LogP contribution in [0.2, 0.25) is 0 Å². The smallest absolute Gasteiger partial charge is 0.258 e. The monoisotopic (exact) mass is 290 g/mol. The van der Waals surface area contributed by atoms with Crippen LogP contribution >= 0.6 is 11.3 Å². The second kappa shape index (κ2) is 6.96. The normalized spacial score (nSPS) is 10.2. The Hall–Kier alpha value is -2.01. The van der Waals surface area contributed by atoms with Crippen LogP contribution < -0.4 is 15.8 Å². The van der Waals surface area contributed by atoms with Gasteiger partial charge < -0.3 is 15.8 Å². The van der Waals surface area contributed by atoms with Gasteiger partial charge in [-0.1, -0.05) is 19.1 Å². The zero-order valence-electron chi connectivity index (χ0n) is 11.4. The number of rotatable bonds is 6. The van der Waals surface area contributed by atoms with Gasteiger partial charge in [-0.3, -0.25) is 4.79 Å². The van der Waals surface area contributed by atoms with Crippen LogP contribution in [0.1, 0.15) is 17.4 Å². The summed E-state index contributed by atoms with van der Waals surface area (Å²) in [6.45, 7) is 2.63. The van der Waals surface area contributed by atoms with Gasteiger partial charge >= 0.3 is 0 Å². The molecule has 20 heavy (non-hydrogen) atoms. The molecule has 4 nitrogen and oxygen atoms in total. The molecule has 0 radical (unpaired) electrons. The second-order valence-electron chi connectivity index (χ2n) is 4.33. The van der Waals surface area contributed by atoms with Gasteiger partial charge in [0, 0.05) is 4.88 Å². The van der Waals surface area contributed by atoms with Crippen LogP contribution in [0, 0.1) is 0 Å². The third kappa shape index (κ3) is 3.74. The average Bonchev–Trinajstić information content (AvgIpc) is 2.91. The van der Waals surface area contributed by atoms with Crippen molar-refractivity contribution in [1.82, 2.24) is 5.32 Å². The summed E-state index contributed by atoms with van der Waals surface area (Å²) >= 11 is 1.66. The number of benzene rings is 1. The van der Waals surface area contributed by atoms with Gasteiger partial charge in [0.1, 0.15) is 5.75 Å². The number of hydrogen-bond acceptors (Lipinski definition) is 4. The summed E-state index contributed by atoms with van der Waals surface area (Å²) in [6, 6.07) is 9.23. The number of carbonyl (C=O) groups is 1. The zero-order chi connectivity index (χ0) is 14.4. The number of nitrogens with one attached hydrogen (secondary N) is 1. The lowest BCUT2D eigenvalue weighted by Gasteiger charge is -2.09. The molecule has 0 saturated heterocycles. The molecule has 0 unspecified atom stereocenters. The highest BCUT2D eigenvalue weighted by molar-refractivity contribution is 7.10. The van der Waals surface area contributed by atoms with Crippen molar-refractivity contribution in [1.29, 1.82) is 0 Å². The molecule has 1 amide bonds. The van der Waals surface area contributed by atoms with Crippen molar-refractivity contribution in [2.45, 2.75) is 19.9 Å². The van der Waals surface area contributed by atoms with Gasteiger partial charge in [-0.05, 0) is 35.6 Å². The maximum Gasteiger partial charge on any atom is 0.258 e. The second-order valence-corrected chi connectivity index (χ2v) is 5.33. The molecule has 0 saturated carbocycles. The Morgan fingerprint density at radius 2 is 2.15 bits per heavy atom. The first kappa shape index (κ1) is 14.4. The van der Waals surface area contributed by atoms with Gasteiger partial charge in [-0.2, -0.15) is 0 Å². The predicted molar refractivity (Wildman–Crippen MR) is 81.9 cm³/mol. The Bertz CT molecular complexity index is 581. The highest BCUT2D eigenvalue weighted by Gasteiger charge is 2.07. The summed E-state index contributed by atoms with van der Waals surface area (Å²) in [5, 5.41) is 4.90. The summed E-state index contributed by atoms with van der Waals surface area (Å²) in [4.78, 5) is 12.9. The van der Waals surface area contributed by atoms with E-state index in [0.717, 1.165) is 6.42 Å². The molecule has 0 bridgehead atoms. The first-order valence-electron chi connectivity index (χ1n) is 6.50. The Balaban J connectivity index is 1.80. The van der Waals surface area contributed by atoms with Crippen LogP contribution in [-0.4, -0.2) is 12.5 Å². The van der Waals surface area contributed by atoms with Crippen LogP contribution in [0.5, 0.6) is 5.75 Å². The summed E-state index contributed by atoms with van der Waals surface area (Å²) in [5.41, 5.74) is 7.56. The van der Waals surface area contributed by atoms with E-state index in [1.165, 1.54) is 10.4 Å². The molecule has 0 aliphatic heterocycles. The maximum atomic E-state index is 11.8. The first-order chi connectivity index (χ1) is 9.70. The van der Waals surface area contributed by atoms with Crippen molar-refractivity contribution in [2.75, 3.05) is 12.3 Å². The number of carbonyl (C=O) groups excluding carboxylic acids is 1. The number of thiophene rings is 1. The average molecular weight is 290 g/mol. The summed E-state index contributed by atoms with van der Waals surface area (Å²) < 4.78 is 5.39. The molecule has 3 N–H and O–H groups in total. The summed E-state index contributed by atoms with van der Waals surface area (Å²) in [6.07, 6.45) is 0.978. The zero-order valence-corrected chi connectivity index (χ0v) is 12.2. The summed E-state index contributed by atoms with van der Waals surface area (Å²) in [7, 11) is 0. The lowest BCUT2D eigenvalue weighted by atomic mass is 10.2. The van der Waals surface area contributed by atoms with Gasteiger partial charge in [0.15, 0.2) is 6.61 Å². The third-order valence-electron chi connectivity index (χ3n) is 2.94. The van der Waals surface area contributed by atoms with E-state index >= 15 is 0 Å². The van der Waals surface area contributed by atoms with E-state index in [1.54, 1.807) is 23.5 Å². The van der Waals surface area contributed by atoms with Gasteiger partial charge in [0.05, 0.1) is 12.2 Å². The first-order valence-corrected chi connectivity index (χ1v) is 7.38. The van der Waals surface area contributed by atoms with Crippen LogP contribution in [0.25, 0.3) is 0 Å². The molecule has 0 fully saturated rings. The number of ether oxygens (including phenoxy) is 1. The number of hydrogen-bond donors (Lipinski definition) is 2. The van der Waals surface area contributed by atoms with E-state index < -0.39 is 0 Å². The molecule has 1 aromatic heterocycles. The fourth-order valence-corrected chi connectivity index (χ4v) is 2.74. The molecule has 5 heteroatoms. The third-order valence-corrected chi connectivity index (χ3v) is 3.91. The summed E-state index contributed by atoms with van der Waals surface area (Å²) in [5.74, 6) is 0.386. The largest absolute Gasteiger partial charge is 0.482 e. The lowest BCUT2D eigenvalue weighted by Crippen LogP contribution is -2.28. The van der Waals surface area contributed by atoms with Gasteiger partial charge in [-0.15, -0.1) is 11.3 Å². The topological polar surface area (TPSA) is 64.3 Å². The standard InChI is InChI=1S/C15H18N2O2S/c1-2-11-7-8-20-14(11)9-17-15(18)10-19-13-6-4-3-5-12(13)16/h3-8H,2,9-10,16H2,1H3,(H,17,18). The van der Waals surface area contributed by atoms with E-state index in [-0.39, 0.29) is 12.5 Å². The molecule has 1 heterocycles. The number of nitrogens with two attached hydrogens (primary N) is 1. The van der Waals surface area contributed by atoms with Crippen LogP contribution in [0.4, 0.5) is 5.69 Å². The van der Waals surface area contributed by atoms with E-state index in [2.05, 4.69) is 18.3 Å². The molecule has 0 aliphatic rings. The van der Waals surface area contributed by atoms with E-state index in [4.69, 9.17) is 10.5 Å². The maximum absolute atomic E-state index is 11.8. The highest BCUT2D eigenvalue weighted by atomic mass is 32.1. The van der Waals surface area contributed by atoms with Crippen molar-refractivity contribution in [3.05, 3.63) is 46.2 Å². The van der Waals surface area contributed by atoms with Crippen molar-refractivity contribution >= 4 is 22.9 Å². The number of amides is 1. The number of anilines is 1. The molecule has 2 aromatic rings.